The highest BCUT2D eigenvalue weighted by molar-refractivity contribution is 5.80. The van der Waals surface area contributed by atoms with E-state index in [2.05, 4.69) is 31.3 Å². The summed E-state index contributed by atoms with van der Waals surface area (Å²) in [7, 11) is 0. The van der Waals surface area contributed by atoms with Gasteiger partial charge in [-0.25, -0.2) is 0 Å². The van der Waals surface area contributed by atoms with Gasteiger partial charge in [0.15, 0.2) is 0 Å². The molecule has 0 saturated carbocycles. The maximum Gasteiger partial charge on any atom is 0.249 e. The van der Waals surface area contributed by atoms with Crippen LogP contribution in [0.4, 0.5) is 0 Å². The molecule has 0 aromatic carbocycles. The molecule has 232 valence electrons. The van der Waals surface area contributed by atoms with Crippen LogP contribution in [0.5, 0.6) is 0 Å². The van der Waals surface area contributed by atoms with Gasteiger partial charge in [0, 0.05) is 0 Å². The first-order chi connectivity index (χ1) is 19.1. The van der Waals surface area contributed by atoms with Crippen LogP contribution in [0.1, 0.15) is 174 Å². The Morgan fingerprint density at radius 3 is 1.46 bits per heavy atom. The van der Waals surface area contributed by atoms with Crippen LogP contribution in [0.25, 0.3) is 0 Å². The minimum absolute atomic E-state index is 0.315. The molecule has 0 spiro atoms. The second kappa shape index (κ2) is 30.1. The Balaban J connectivity index is 3.72. The molecular weight excluding hydrogens is 486 g/mol. The number of hydrogen-bond acceptors (Lipinski definition) is 4. The predicted molar refractivity (Wildman–Crippen MR) is 167 cm³/mol. The third-order valence-corrected chi connectivity index (χ3v) is 7.88. The van der Waals surface area contributed by atoms with E-state index in [0.717, 1.165) is 44.9 Å². The zero-order valence-corrected chi connectivity index (χ0v) is 26.0. The molecule has 0 saturated heterocycles. The lowest BCUT2D eigenvalue weighted by molar-refractivity contribution is -0.131. The maximum atomic E-state index is 12.3. The number of carbonyl (C=O) groups excluding carboxylic acids is 1. The number of hydrogen-bond donors (Lipinski definition) is 4. The zero-order valence-electron chi connectivity index (χ0n) is 26.0. The average Bonchev–Trinajstić information content (AvgIpc) is 2.94. The van der Waals surface area contributed by atoms with Crippen LogP contribution in [-0.2, 0) is 4.79 Å². The van der Waals surface area contributed by atoms with Gasteiger partial charge in [-0.05, 0) is 38.5 Å². The molecular formula is C34H67NO4. The fourth-order valence-corrected chi connectivity index (χ4v) is 5.12. The van der Waals surface area contributed by atoms with Gasteiger partial charge >= 0.3 is 0 Å². The largest absolute Gasteiger partial charge is 0.394 e. The van der Waals surface area contributed by atoms with Gasteiger partial charge in [-0.3, -0.25) is 4.79 Å². The molecule has 3 unspecified atom stereocenters. The van der Waals surface area contributed by atoms with E-state index < -0.39 is 24.2 Å². The number of unbranched alkanes of at least 4 members (excludes halogenated alkanes) is 20. The van der Waals surface area contributed by atoms with E-state index in [9.17, 15) is 20.1 Å². The highest BCUT2D eigenvalue weighted by Crippen LogP contribution is 2.15. The van der Waals surface area contributed by atoms with Gasteiger partial charge < -0.3 is 20.6 Å². The van der Waals surface area contributed by atoms with Gasteiger partial charge in [0.05, 0.1) is 18.8 Å². The van der Waals surface area contributed by atoms with Crippen molar-refractivity contribution >= 4 is 5.91 Å². The minimum atomic E-state index is -1.08. The zero-order chi connectivity index (χ0) is 28.8. The second-order valence-electron chi connectivity index (χ2n) is 11.7. The molecule has 4 N–H and O–H groups in total. The highest BCUT2D eigenvalue weighted by atomic mass is 16.3. The van der Waals surface area contributed by atoms with Crippen molar-refractivity contribution in [2.75, 3.05) is 6.61 Å². The Hall–Kier alpha value is -0.910. The first-order valence-corrected chi connectivity index (χ1v) is 17.0. The Morgan fingerprint density at radius 2 is 0.974 bits per heavy atom. The number of aliphatic hydroxyl groups is 3. The van der Waals surface area contributed by atoms with Gasteiger partial charge in [0.25, 0.3) is 0 Å². The van der Waals surface area contributed by atoms with Crippen LogP contribution in [0, 0.1) is 0 Å². The Labute approximate surface area is 242 Å². The summed E-state index contributed by atoms with van der Waals surface area (Å²) in [6.07, 6.45) is 31.9. The lowest BCUT2D eigenvalue weighted by Crippen LogP contribution is -2.49. The van der Waals surface area contributed by atoms with Crippen molar-refractivity contribution in [3.05, 3.63) is 12.2 Å². The summed E-state index contributed by atoms with van der Waals surface area (Å²) in [6.45, 7) is 4.17. The van der Waals surface area contributed by atoms with Crippen molar-refractivity contribution in [1.29, 1.82) is 0 Å². The van der Waals surface area contributed by atoms with Crippen LogP contribution in [0.3, 0.4) is 0 Å². The molecule has 0 aliphatic carbocycles. The summed E-state index contributed by atoms with van der Waals surface area (Å²) in [5, 5.41) is 33.0. The lowest BCUT2D eigenvalue weighted by Gasteiger charge is -2.23. The molecule has 0 aliphatic heterocycles. The molecule has 0 rings (SSSR count). The second-order valence-corrected chi connectivity index (χ2v) is 11.7. The highest BCUT2D eigenvalue weighted by Gasteiger charge is 2.23. The molecule has 1 amide bonds. The smallest absolute Gasteiger partial charge is 0.249 e. The van der Waals surface area contributed by atoms with Crippen LogP contribution >= 0.6 is 0 Å². The van der Waals surface area contributed by atoms with Crippen molar-refractivity contribution in [1.82, 2.24) is 5.32 Å². The molecule has 0 heterocycles. The van der Waals surface area contributed by atoms with E-state index in [0.29, 0.717) is 12.8 Å². The van der Waals surface area contributed by atoms with E-state index in [1.807, 2.05) is 0 Å². The summed E-state index contributed by atoms with van der Waals surface area (Å²) >= 11 is 0. The Morgan fingerprint density at radius 1 is 0.590 bits per heavy atom. The summed E-state index contributed by atoms with van der Waals surface area (Å²) < 4.78 is 0. The van der Waals surface area contributed by atoms with Crippen molar-refractivity contribution in [2.24, 2.45) is 0 Å². The molecule has 0 aliphatic rings. The number of amides is 1. The molecule has 39 heavy (non-hydrogen) atoms. The van der Waals surface area contributed by atoms with Gasteiger partial charge in [-0.15, -0.1) is 0 Å². The van der Waals surface area contributed by atoms with Gasteiger partial charge in [-0.1, -0.05) is 148 Å². The van der Waals surface area contributed by atoms with E-state index >= 15 is 0 Å². The van der Waals surface area contributed by atoms with Crippen LogP contribution in [-0.4, -0.2) is 46.1 Å². The molecule has 5 nitrogen and oxygen atoms in total. The lowest BCUT2D eigenvalue weighted by atomic mass is 10.0. The molecule has 0 fully saturated rings. The van der Waals surface area contributed by atoms with Gasteiger partial charge in [0.2, 0.25) is 5.91 Å². The normalized spacial score (nSPS) is 14.1. The summed E-state index contributed by atoms with van der Waals surface area (Å²) in [4.78, 5) is 12.3. The first kappa shape index (κ1) is 38.1. The van der Waals surface area contributed by atoms with Crippen LogP contribution in [0.15, 0.2) is 12.2 Å². The SMILES string of the molecule is CCCCC/C=C\CCCCCCC(O)C(=O)NC(CO)C(O)CCCCCCCCCCCCCCCC. The molecule has 0 aromatic heterocycles. The fourth-order valence-electron chi connectivity index (χ4n) is 5.12. The standard InChI is InChI=1S/C34H67NO4/c1-3-5-7-9-11-13-15-16-17-19-20-22-24-26-28-32(37)31(30-36)35-34(39)33(38)29-27-25-23-21-18-14-12-10-8-6-4-2/h12,14,31-33,36-38H,3-11,13,15-30H2,1-2H3,(H,35,39)/b14-12-. The third-order valence-electron chi connectivity index (χ3n) is 7.88. The van der Waals surface area contributed by atoms with Gasteiger partial charge in [0.1, 0.15) is 6.10 Å². The average molecular weight is 554 g/mol. The van der Waals surface area contributed by atoms with Crippen molar-refractivity contribution in [3.63, 3.8) is 0 Å². The van der Waals surface area contributed by atoms with Crippen LogP contribution in [0.2, 0.25) is 0 Å². The van der Waals surface area contributed by atoms with E-state index in [1.165, 1.54) is 103 Å². The van der Waals surface area contributed by atoms with E-state index in [-0.39, 0.29) is 6.61 Å². The number of nitrogens with one attached hydrogen (secondary N) is 1. The minimum Gasteiger partial charge on any atom is -0.394 e. The van der Waals surface area contributed by atoms with Crippen molar-refractivity contribution in [2.45, 2.75) is 193 Å². The third kappa shape index (κ3) is 25.8. The number of allylic oxidation sites excluding steroid dienone is 2. The van der Waals surface area contributed by atoms with Crippen molar-refractivity contribution < 1.29 is 20.1 Å². The predicted octanol–water partition coefficient (Wildman–Crippen LogP) is 8.53. The van der Waals surface area contributed by atoms with E-state index in [4.69, 9.17) is 0 Å². The Kier molecular flexibility index (Phi) is 29.4. The number of rotatable bonds is 30. The van der Waals surface area contributed by atoms with Crippen LogP contribution < -0.4 is 5.32 Å². The molecule has 3 atom stereocenters. The monoisotopic (exact) mass is 554 g/mol. The Bertz CT molecular complexity index is 539. The van der Waals surface area contributed by atoms with E-state index in [1.54, 1.807) is 0 Å². The summed E-state index contributed by atoms with van der Waals surface area (Å²) in [6, 6.07) is -0.710. The first-order valence-electron chi connectivity index (χ1n) is 17.0. The molecule has 5 heteroatoms. The summed E-state index contributed by atoms with van der Waals surface area (Å²) in [5.74, 6) is -0.482. The van der Waals surface area contributed by atoms with Gasteiger partial charge in [-0.2, -0.15) is 0 Å². The molecule has 0 aromatic rings. The fraction of sp³-hybridized carbons (Fsp3) is 0.912. The molecule has 0 bridgehead atoms. The number of aliphatic hydroxyl groups excluding tert-OH is 3. The maximum absolute atomic E-state index is 12.3. The molecule has 0 radical (unpaired) electrons. The summed E-state index contributed by atoms with van der Waals surface area (Å²) in [5.41, 5.74) is 0. The number of carbonyl (C=O) groups is 1. The quantitative estimate of drug-likeness (QED) is 0.0530. The topological polar surface area (TPSA) is 89.8 Å². The van der Waals surface area contributed by atoms with Crippen molar-refractivity contribution in [3.8, 4) is 0 Å².